The molecule has 3 rings (SSSR count). The zero-order valence-electron chi connectivity index (χ0n) is 18.1. The second-order valence-electron chi connectivity index (χ2n) is 9.12. The lowest BCUT2D eigenvalue weighted by atomic mass is 9.92. The van der Waals surface area contributed by atoms with E-state index in [2.05, 4.69) is 12.2 Å². The standard InChI is InChI=1S/C21H39NO6/c1-6-7-8-9-10-12-22-14(11-13-23)15-16-17(26-20(2,3)25-16)18-19(24-15)28-21(4,5)27-18/h14-19,22-23H,6-13H2,1-5H3/t14?,15-,16?,17?,18?,19?/m1/s1. The summed E-state index contributed by atoms with van der Waals surface area (Å²) in [6, 6.07) is -0.0329. The smallest absolute Gasteiger partial charge is 0.190 e. The summed E-state index contributed by atoms with van der Waals surface area (Å²) in [5.74, 6) is -1.42. The number of aliphatic hydroxyl groups excluding tert-OH is 1. The fourth-order valence-electron chi connectivity index (χ4n) is 4.50. The first kappa shape index (κ1) is 22.4. The molecule has 3 fully saturated rings. The van der Waals surface area contributed by atoms with Crippen molar-refractivity contribution >= 4 is 0 Å². The van der Waals surface area contributed by atoms with E-state index in [9.17, 15) is 5.11 Å². The number of rotatable bonds is 10. The summed E-state index contributed by atoms with van der Waals surface area (Å²) in [5, 5.41) is 13.2. The Morgan fingerprint density at radius 1 is 0.857 bits per heavy atom. The molecule has 164 valence electrons. The normalized spacial score (nSPS) is 36.9. The van der Waals surface area contributed by atoms with Gasteiger partial charge in [-0.05, 0) is 47.1 Å². The van der Waals surface area contributed by atoms with Crippen LogP contribution in [0.2, 0.25) is 0 Å². The van der Waals surface area contributed by atoms with Crippen LogP contribution in [-0.4, -0.2) is 66.6 Å². The van der Waals surface area contributed by atoms with Gasteiger partial charge in [-0.15, -0.1) is 0 Å². The number of aliphatic hydroxyl groups is 1. The van der Waals surface area contributed by atoms with E-state index >= 15 is 0 Å². The predicted molar refractivity (Wildman–Crippen MR) is 105 cm³/mol. The third-order valence-electron chi connectivity index (χ3n) is 5.71. The number of fused-ring (bicyclic) bond motifs is 3. The van der Waals surface area contributed by atoms with Crippen LogP contribution in [0.5, 0.6) is 0 Å². The van der Waals surface area contributed by atoms with Crippen molar-refractivity contribution in [1.82, 2.24) is 5.32 Å². The molecule has 28 heavy (non-hydrogen) atoms. The van der Waals surface area contributed by atoms with Crippen LogP contribution in [0.3, 0.4) is 0 Å². The molecule has 0 aromatic heterocycles. The van der Waals surface area contributed by atoms with E-state index in [-0.39, 0.29) is 37.1 Å². The minimum absolute atomic E-state index is 0.0329. The minimum Gasteiger partial charge on any atom is -0.396 e. The molecule has 3 aliphatic rings. The van der Waals surface area contributed by atoms with E-state index in [4.69, 9.17) is 23.7 Å². The number of hydrogen-bond acceptors (Lipinski definition) is 7. The molecular formula is C21H39NO6. The average Bonchev–Trinajstić information content (AvgIpc) is 3.10. The number of unbranched alkanes of at least 4 members (excludes halogenated alkanes) is 4. The van der Waals surface area contributed by atoms with Gasteiger partial charge in [0.05, 0.1) is 0 Å². The van der Waals surface area contributed by atoms with Gasteiger partial charge in [-0.2, -0.15) is 0 Å². The first-order valence-electron chi connectivity index (χ1n) is 11.0. The van der Waals surface area contributed by atoms with Crippen LogP contribution in [0.15, 0.2) is 0 Å². The molecule has 3 aliphatic heterocycles. The van der Waals surface area contributed by atoms with Crippen LogP contribution < -0.4 is 5.32 Å². The molecule has 0 radical (unpaired) electrons. The lowest BCUT2D eigenvalue weighted by Crippen LogP contribution is -2.61. The average molecular weight is 402 g/mol. The van der Waals surface area contributed by atoms with Crippen LogP contribution >= 0.6 is 0 Å². The molecule has 0 saturated carbocycles. The molecule has 0 bridgehead atoms. The Kier molecular flexibility index (Phi) is 7.40. The van der Waals surface area contributed by atoms with E-state index in [1.807, 2.05) is 27.7 Å². The van der Waals surface area contributed by atoms with Gasteiger partial charge in [0.2, 0.25) is 0 Å². The highest BCUT2D eigenvalue weighted by Crippen LogP contribution is 2.44. The summed E-state index contributed by atoms with van der Waals surface area (Å²) in [5.41, 5.74) is 0. The van der Waals surface area contributed by atoms with E-state index < -0.39 is 17.9 Å². The molecule has 6 atom stereocenters. The molecule has 0 aromatic carbocycles. The molecule has 0 aromatic rings. The van der Waals surface area contributed by atoms with Gasteiger partial charge < -0.3 is 34.1 Å². The summed E-state index contributed by atoms with van der Waals surface area (Å²) in [6.45, 7) is 10.8. The fourth-order valence-corrected chi connectivity index (χ4v) is 4.50. The van der Waals surface area contributed by atoms with Gasteiger partial charge in [-0.3, -0.25) is 0 Å². The van der Waals surface area contributed by atoms with Gasteiger partial charge in [0, 0.05) is 12.6 Å². The Hall–Kier alpha value is -0.280. The fraction of sp³-hybridized carbons (Fsp3) is 1.00. The molecule has 0 aliphatic carbocycles. The summed E-state index contributed by atoms with van der Waals surface area (Å²) in [7, 11) is 0. The van der Waals surface area contributed by atoms with Crippen molar-refractivity contribution in [3.05, 3.63) is 0 Å². The third-order valence-corrected chi connectivity index (χ3v) is 5.71. The molecule has 7 nitrogen and oxygen atoms in total. The van der Waals surface area contributed by atoms with Crippen molar-refractivity contribution in [1.29, 1.82) is 0 Å². The van der Waals surface area contributed by atoms with Crippen molar-refractivity contribution in [3.63, 3.8) is 0 Å². The van der Waals surface area contributed by atoms with Gasteiger partial charge in [0.15, 0.2) is 17.9 Å². The van der Waals surface area contributed by atoms with Crippen LogP contribution in [0, 0.1) is 0 Å². The van der Waals surface area contributed by atoms with Crippen molar-refractivity contribution in [2.75, 3.05) is 13.2 Å². The maximum Gasteiger partial charge on any atom is 0.190 e. The maximum absolute atomic E-state index is 9.63. The number of nitrogens with one attached hydrogen (secondary N) is 1. The van der Waals surface area contributed by atoms with Crippen LogP contribution in [-0.2, 0) is 23.7 Å². The summed E-state index contributed by atoms with van der Waals surface area (Å²) < 4.78 is 30.8. The summed E-state index contributed by atoms with van der Waals surface area (Å²) in [6.07, 6.45) is 5.11. The number of hydrogen-bond donors (Lipinski definition) is 2. The largest absolute Gasteiger partial charge is 0.396 e. The minimum atomic E-state index is -0.718. The first-order chi connectivity index (χ1) is 13.3. The van der Waals surface area contributed by atoms with Crippen LogP contribution in [0.1, 0.15) is 73.1 Å². The first-order valence-corrected chi connectivity index (χ1v) is 11.0. The topological polar surface area (TPSA) is 78.4 Å². The molecule has 5 unspecified atom stereocenters. The second kappa shape index (κ2) is 9.25. The summed E-state index contributed by atoms with van der Waals surface area (Å²) in [4.78, 5) is 0. The SMILES string of the molecule is CCCCCCCNC(CCO)[C@H]1OC2OC(C)(C)OC2C2OC(C)(C)OC21. The Balaban J connectivity index is 1.67. The van der Waals surface area contributed by atoms with Gasteiger partial charge in [-0.1, -0.05) is 32.6 Å². The van der Waals surface area contributed by atoms with E-state index in [1.54, 1.807) is 0 Å². The molecule has 3 heterocycles. The molecule has 3 saturated heterocycles. The zero-order valence-corrected chi connectivity index (χ0v) is 18.1. The van der Waals surface area contributed by atoms with E-state index in [0.717, 1.165) is 13.0 Å². The predicted octanol–water partition coefficient (Wildman–Crippen LogP) is 2.69. The van der Waals surface area contributed by atoms with Crippen molar-refractivity contribution in [2.24, 2.45) is 0 Å². The van der Waals surface area contributed by atoms with Gasteiger partial charge >= 0.3 is 0 Å². The summed E-state index contributed by atoms with van der Waals surface area (Å²) >= 11 is 0. The van der Waals surface area contributed by atoms with Crippen molar-refractivity contribution in [2.45, 2.75) is 121 Å². The van der Waals surface area contributed by atoms with E-state index in [0.29, 0.717) is 6.42 Å². The van der Waals surface area contributed by atoms with Crippen LogP contribution in [0.25, 0.3) is 0 Å². The highest BCUT2D eigenvalue weighted by Gasteiger charge is 2.61. The number of ether oxygens (including phenoxy) is 5. The van der Waals surface area contributed by atoms with Gasteiger partial charge in [0.1, 0.15) is 24.4 Å². The van der Waals surface area contributed by atoms with E-state index in [1.165, 1.54) is 25.7 Å². The maximum atomic E-state index is 9.63. The molecule has 2 N–H and O–H groups in total. The molecular weight excluding hydrogens is 362 g/mol. The van der Waals surface area contributed by atoms with Crippen molar-refractivity contribution in [3.8, 4) is 0 Å². The molecule has 7 heteroatoms. The third kappa shape index (κ3) is 5.25. The molecule has 0 spiro atoms. The van der Waals surface area contributed by atoms with Crippen LogP contribution in [0.4, 0.5) is 0 Å². The van der Waals surface area contributed by atoms with Gasteiger partial charge in [0.25, 0.3) is 0 Å². The lowest BCUT2D eigenvalue weighted by molar-refractivity contribution is -0.240. The Morgan fingerprint density at radius 3 is 2.21 bits per heavy atom. The Morgan fingerprint density at radius 2 is 1.50 bits per heavy atom. The molecule has 0 amide bonds. The highest BCUT2D eigenvalue weighted by atomic mass is 16.9. The Labute approximate surface area is 169 Å². The highest BCUT2D eigenvalue weighted by molar-refractivity contribution is 5.03. The van der Waals surface area contributed by atoms with Gasteiger partial charge in [-0.25, -0.2) is 0 Å². The monoisotopic (exact) mass is 401 g/mol. The quantitative estimate of drug-likeness (QED) is 0.545. The van der Waals surface area contributed by atoms with Crippen molar-refractivity contribution < 1.29 is 28.8 Å². The second-order valence-corrected chi connectivity index (χ2v) is 9.12. The zero-order chi connectivity index (χ0) is 20.4. The lowest BCUT2D eigenvalue weighted by Gasteiger charge is -2.41. The Bertz CT molecular complexity index is 499.